The molecule has 0 spiro atoms. The third-order valence-corrected chi connectivity index (χ3v) is 3.97. The molecule has 0 aliphatic carbocycles. The summed E-state index contributed by atoms with van der Waals surface area (Å²) in [5.74, 6) is 0.903. The van der Waals surface area contributed by atoms with Crippen LogP contribution in [0.1, 0.15) is 24.1 Å². The molecular weight excluding hydrogens is 260 g/mol. The number of benzene rings is 2. The Morgan fingerprint density at radius 3 is 2.48 bits per heavy atom. The van der Waals surface area contributed by atoms with Crippen molar-refractivity contribution in [2.75, 3.05) is 26.4 Å². The molecule has 2 N–H and O–H groups in total. The zero-order valence-corrected chi connectivity index (χ0v) is 13.0. The average Bonchev–Trinajstić information content (AvgIpc) is 2.52. The summed E-state index contributed by atoms with van der Waals surface area (Å²) in [6.45, 7) is 3.21. The molecule has 1 unspecified atom stereocenters. The second kappa shape index (κ2) is 7.14. The van der Waals surface area contributed by atoms with E-state index in [1.165, 1.54) is 11.1 Å². The summed E-state index contributed by atoms with van der Waals surface area (Å²) in [7, 11) is 3.84. The molecule has 0 aliphatic heterocycles. The van der Waals surface area contributed by atoms with Crippen LogP contribution < -0.4 is 10.5 Å². The number of ether oxygens (including phenoxy) is 1. The molecule has 0 radical (unpaired) electrons. The summed E-state index contributed by atoms with van der Waals surface area (Å²) in [5, 5.41) is 0. The van der Waals surface area contributed by atoms with Crippen LogP contribution in [0.15, 0.2) is 48.5 Å². The maximum Gasteiger partial charge on any atom is 0.118 e. The number of hydrogen-bond acceptors (Lipinski definition) is 3. The lowest BCUT2D eigenvalue weighted by Crippen LogP contribution is -2.24. The Morgan fingerprint density at radius 1 is 1.14 bits per heavy atom. The fraction of sp³-hybridized carbons (Fsp3) is 0.333. The smallest absolute Gasteiger partial charge is 0.118 e. The van der Waals surface area contributed by atoms with Crippen molar-refractivity contribution in [1.29, 1.82) is 0 Å². The number of nitrogen functional groups attached to an aromatic ring is 1. The lowest BCUT2D eigenvalue weighted by molar-refractivity contribution is 0.265. The number of nitrogens with zero attached hydrogens (tertiary/aromatic N) is 1. The molecule has 0 saturated heterocycles. The van der Waals surface area contributed by atoms with E-state index in [2.05, 4.69) is 43.1 Å². The molecule has 0 amide bonds. The molecule has 2 aromatic rings. The molecule has 0 bridgehead atoms. The Balaban J connectivity index is 1.92. The largest absolute Gasteiger partial charge is 0.497 e. The van der Waals surface area contributed by atoms with Gasteiger partial charge in [0.05, 0.1) is 7.11 Å². The third kappa shape index (κ3) is 4.23. The number of nitrogens with two attached hydrogens (primary N) is 1. The zero-order chi connectivity index (χ0) is 15.2. The molecule has 0 aliphatic rings. The average molecular weight is 284 g/mol. The number of anilines is 1. The lowest BCUT2D eigenvalue weighted by atomic mass is 10.1. The van der Waals surface area contributed by atoms with Gasteiger partial charge in [0.25, 0.3) is 0 Å². The topological polar surface area (TPSA) is 38.5 Å². The van der Waals surface area contributed by atoms with Crippen molar-refractivity contribution in [3.8, 4) is 5.75 Å². The number of hydrogen-bond donors (Lipinski definition) is 1. The minimum absolute atomic E-state index is 0.353. The monoisotopic (exact) mass is 284 g/mol. The first-order chi connectivity index (χ1) is 10.1. The second-order valence-corrected chi connectivity index (χ2v) is 5.42. The van der Waals surface area contributed by atoms with Gasteiger partial charge in [0.1, 0.15) is 5.75 Å². The van der Waals surface area contributed by atoms with Gasteiger partial charge in [0.15, 0.2) is 0 Å². The van der Waals surface area contributed by atoms with E-state index < -0.39 is 0 Å². The van der Waals surface area contributed by atoms with Crippen molar-refractivity contribution < 1.29 is 4.74 Å². The maximum absolute atomic E-state index is 5.86. The highest BCUT2D eigenvalue weighted by molar-refractivity contribution is 5.41. The second-order valence-electron chi connectivity index (χ2n) is 5.42. The van der Waals surface area contributed by atoms with Gasteiger partial charge in [0.2, 0.25) is 0 Å². The molecule has 0 heterocycles. The molecule has 0 saturated carbocycles. The Labute approximate surface area is 127 Å². The van der Waals surface area contributed by atoms with Crippen LogP contribution in [0.3, 0.4) is 0 Å². The van der Waals surface area contributed by atoms with E-state index in [9.17, 15) is 0 Å². The summed E-state index contributed by atoms with van der Waals surface area (Å²) >= 11 is 0. The van der Waals surface area contributed by atoms with Crippen LogP contribution in [-0.4, -0.2) is 25.6 Å². The van der Waals surface area contributed by atoms with E-state index in [-0.39, 0.29) is 0 Å². The molecule has 3 heteroatoms. The highest BCUT2D eigenvalue weighted by Crippen LogP contribution is 2.21. The van der Waals surface area contributed by atoms with Gasteiger partial charge in [0, 0.05) is 18.3 Å². The predicted octanol–water partition coefficient (Wildman–Crippen LogP) is 3.51. The molecule has 3 nitrogen and oxygen atoms in total. The molecule has 1 atom stereocenters. The molecule has 2 rings (SSSR count). The number of likely N-dealkylation sites (N-methyl/N-ethyl adjacent to an activating group) is 1. The van der Waals surface area contributed by atoms with Crippen molar-refractivity contribution in [3.63, 3.8) is 0 Å². The van der Waals surface area contributed by atoms with Gasteiger partial charge in [-0.05, 0) is 55.8 Å². The minimum Gasteiger partial charge on any atom is -0.497 e. The summed E-state index contributed by atoms with van der Waals surface area (Å²) in [6, 6.07) is 16.7. The van der Waals surface area contributed by atoms with Crippen LogP contribution in [0.2, 0.25) is 0 Å². The highest BCUT2D eigenvalue weighted by atomic mass is 16.5. The van der Waals surface area contributed by atoms with Gasteiger partial charge in [-0.2, -0.15) is 0 Å². The summed E-state index contributed by atoms with van der Waals surface area (Å²) in [5.41, 5.74) is 9.26. The fourth-order valence-corrected chi connectivity index (χ4v) is 2.36. The van der Waals surface area contributed by atoms with Gasteiger partial charge in [-0.1, -0.05) is 24.3 Å². The van der Waals surface area contributed by atoms with E-state index in [0.29, 0.717) is 6.04 Å². The molecule has 112 valence electrons. The van der Waals surface area contributed by atoms with Crippen LogP contribution >= 0.6 is 0 Å². The molecule has 21 heavy (non-hydrogen) atoms. The van der Waals surface area contributed by atoms with Crippen molar-refractivity contribution in [3.05, 3.63) is 59.7 Å². The van der Waals surface area contributed by atoms with Crippen LogP contribution in [0.5, 0.6) is 5.75 Å². The van der Waals surface area contributed by atoms with E-state index >= 15 is 0 Å². The summed E-state index contributed by atoms with van der Waals surface area (Å²) in [6.07, 6.45) is 1.02. The van der Waals surface area contributed by atoms with E-state index in [4.69, 9.17) is 10.5 Å². The fourth-order valence-electron chi connectivity index (χ4n) is 2.36. The molecule has 2 aromatic carbocycles. The third-order valence-electron chi connectivity index (χ3n) is 3.97. The molecule has 0 aromatic heterocycles. The van der Waals surface area contributed by atoms with E-state index in [1.807, 2.05) is 24.3 Å². The van der Waals surface area contributed by atoms with Crippen LogP contribution in [0, 0.1) is 0 Å². The zero-order valence-electron chi connectivity index (χ0n) is 13.0. The van der Waals surface area contributed by atoms with Gasteiger partial charge in [-0.25, -0.2) is 0 Å². The van der Waals surface area contributed by atoms with Gasteiger partial charge in [-0.3, -0.25) is 4.90 Å². The quantitative estimate of drug-likeness (QED) is 0.825. The Hall–Kier alpha value is -2.00. The van der Waals surface area contributed by atoms with Gasteiger partial charge < -0.3 is 10.5 Å². The molecular formula is C18H24N2O. The first kappa shape index (κ1) is 15.4. The minimum atomic E-state index is 0.353. The van der Waals surface area contributed by atoms with Gasteiger partial charge >= 0.3 is 0 Å². The maximum atomic E-state index is 5.86. The van der Waals surface area contributed by atoms with Crippen molar-refractivity contribution in [2.45, 2.75) is 19.4 Å². The number of methoxy groups -OCH3 is 1. The highest BCUT2D eigenvalue weighted by Gasteiger charge is 2.11. The normalized spacial score (nSPS) is 12.4. The summed E-state index contributed by atoms with van der Waals surface area (Å²) < 4.78 is 5.18. The Morgan fingerprint density at radius 2 is 1.86 bits per heavy atom. The lowest BCUT2D eigenvalue weighted by Gasteiger charge is -2.25. The Bertz CT molecular complexity index is 566. The van der Waals surface area contributed by atoms with E-state index in [0.717, 1.165) is 24.4 Å². The van der Waals surface area contributed by atoms with Crippen molar-refractivity contribution >= 4 is 5.69 Å². The SMILES string of the molecule is COc1ccc(CCN(C)C(C)c2cccc(N)c2)cc1. The van der Waals surface area contributed by atoms with Crippen LogP contribution in [0.25, 0.3) is 0 Å². The first-order valence-electron chi connectivity index (χ1n) is 7.29. The van der Waals surface area contributed by atoms with Crippen molar-refractivity contribution in [2.24, 2.45) is 0 Å². The standard InChI is InChI=1S/C18H24N2O/c1-14(16-5-4-6-17(19)13-16)20(2)12-11-15-7-9-18(21-3)10-8-15/h4-10,13-14H,11-12,19H2,1-3H3. The van der Waals surface area contributed by atoms with Gasteiger partial charge in [-0.15, -0.1) is 0 Å². The molecule has 0 fully saturated rings. The Kier molecular flexibility index (Phi) is 5.23. The summed E-state index contributed by atoms with van der Waals surface area (Å²) in [4.78, 5) is 2.35. The van der Waals surface area contributed by atoms with Crippen LogP contribution in [0.4, 0.5) is 5.69 Å². The van der Waals surface area contributed by atoms with Crippen LogP contribution in [-0.2, 0) is 6.42 Å². The van der Waals surface area contributed by atoms with Crippen molar-refractivity contribution in [1.82, 2.24) is 4.90 Å². The number of rotatable bonds is 6. The van der Waals surface area contributed by atoms with E-state index in [1.54, 1.807) is 7.11 Å². The first-order valence-corrected chi connectivity index (χ1v) is 7.29. The predicted molar refractivity (Wildman–Crippen MR) is 88.6 cm³/mol.